The average Bonchev–Trinajstić information content (AvgIpc) is 2.14. The summed E-state index contributed by atoms with van der Waals surface area (Å²) in [5, 5.41) is 12.5. The molecule has 1 aromatic carbocycles. The maximum atomic E-state index is 11.1. The van der Waals surface area contributed by atoms with Crippen LogP contribution in [0.5, 0.6) is 5.75 Å². The van der Waals surface area contributed by atoms with Gasteiger partial charge in [0, 0.05) is 16.5 Å². The summed E-state index contributed by atoms with van der Waals surface area (Å²) in [7, 11) is 0. The van der Waals surface area contributed by atoms with Gasteiger partial charge in [0.2, 0.25) is 5.91 Å². The van der Waals surface area contributed by atoms with Crippen LogP contribution in [-0.2, 0) is 11.2 Å². The highest BCUT2D eigenvalue weighted by Gasteiger charge is 2.21. The zero-order chi connectivity index (χ0) is 10.3. The number of benzene rings is 1. The number of carbonyl (C=O) groups is 1. The van der Waals surface area contributed by atoms with Crippen LogP contribution in [-0.4, -0.2) is 11.0 Å². The lowest BCUT2D eigenvalue weighted by Gasteiger charge is -2.19. The largest absolute Gasteiger partial charge is 0.506 e. The van der Waals surface area contributed by atoms with Crippen molar-refractivity contribution in [3.8, 4) is 5.75 Å². The maximum Gasteiger partial charge on any atom is 0.224 e. The molecule has 0 aromatic heterocycles. The fourth-order valence-electron chi connectivity index (χ4n) is 1.48. The highest BCUT2D eigenvalue weighted by molar-refractivity contribution is 9.11. The van der Waals surface area contributed by atoms with E-state index in [4.69, 9.17) is 0 Å². The van der Waals surface area contributed by atoms with Crippen LogP contribution in [0.1, 0.15) is 12.0 Å². The molecule has 2 N–H and O–H groups in total. The van der Waals surface area contributed by atoms with E-state index in [0.717, 1.165) is 10.0 Å². The number of hydrogen-bond acceptors (Lipinski definition) is 2. The van der Waals surface area contributed by atoms with Crippen molar-refractivity contribution in [3.05, 3.63) is 20.6 Å². The van der Waals surface area contributed by atoms with Crippen LogP contribution in [0, 0.1) is 0 Å². The molecule has 74 valence electrons. The van der Waals surface area contributed by atoms with E-state index in [1.165, 1.54) is 0 Å². The molecule has 0 fully saturated rings. The minimum Gasteiger partial charge on any atom is -0.506 e. The summed E-state index contributed by atoms with van der Waals surface area (Å²) >= 11 is 6.59. The Morgan fingerprint density at radius 2 is 2.00 bits per heavy atom. The second-order valence-electron chi connectivity index (χ2n) is 3.09. The monoisotopic (exact) mass is 319 g/mol. The van der Waals surface area contributed by atoms with Crippen molar-refractivity contribution in [2.75, 3.05) is 5.32 Å². The molecule has 0 saturated heterocycles. The second-order valence-corrected chi connectivity index (χ2v) is 4.80. The number of rotatable bonds is 0. The van der Waals surface area contributed by atoms with Gasteiger partial charge in [0.1, 0.15) is 5.75 Å². The Balaban J connectivity index is 2.62. The summed E-state index contributed by atoms with van der Waals surface area (Å²) in [6.45, 7) is 0. The van der Waals surface area contributed by atoms with Gasteiger partial charge in [0.25, 0.3) is 0 Å². The topological polar surface area (TPSA) is 49.3 Å². The van der Waals surface area contributed by atoms with Crippen molar-refractivity contribution < 1.29 is 9.90 Å². The Morgan fingerprint density at radius 3 is 2.71 bits per heavy atom. The molecule has 0 spiro atoms. The normalized spacial score (nSPS) is 14.9. The van der Waals surface area contributed by atoms with Gasteiger partial charge in [-0.05, 0) is 44.3 Å². The molecule has 1 aliphatic heterocycles. The van der Waals surface area contributed by atoms with Crippen molar-refractivity contribution in [2.45, 2.75) is 12.8 Å². The third-order valence-electron chi connectivity index (χ3n) is 2.17. The smallest absolute Gasteiger partial charge is 0.224 e. The van der Waals surface area contributed by atoms with Crippen LogP contribution in [0.3, 0.4) is 0 Å². The number of phenols is 1. The average molecular weight is 321 g/mol. The molecule has 0 atom stereocenters. The van der Waals surface area contributed by atoms with E-state index in [1.54, 1.807) is 6.07 Å². The van der Waals surface area contributed by atoms with Gasteiger partial charge in [-0.1, -0.05) is 0 Å². The molecule has 0 bridgehead atoms. The molecule has 0 unspecified atom stereocenters. The quantitative estimate of drug-likeness (QED) is 0.772. The van der Waals surface area contributed by atoms with Gasteiger partial charge in [-0.15, -0.1) is 0 Å². The van der Waals surface area contributed by atoms with Crippen LogP contribution in [0.15, 0.2) is 15.0 Å². The molecule has 14 heavy (non-hydrogen) atoms. The second kappa shape index (κ2) is 3.55. The molecular weight excluding hydrogens is 314 g/mol. The first-order valence-electron chi connectivity index (χ1n) is 4.09. The first-order valence-corrected chi connectivity index (χ1v) is 5.68. The maximum absolute atomic E-state index is 11.1. The number of phenolic OH excluding ortho intramolecular Hbond substituents is 1. The van der Waals surface area contributed by atoms with Crippen LogP contribution in [0.2, 0.25) is 0 Å². The Labute approximate surface area is 97.8 Å². The fraction of sp³-hybridized carbons (Fsp3) is 0.222. The molecule has 0 aliphatic carbocycles. The van der Waals surface area contributed by atoms with E-state index in [1.807, 2.05) is 0 Å². The molecule has 0 saturated carbocycles. The summed E-state index contributed by atoms with van der Waals surface area (Å²) in [6, 6.07) is 1.72. The third kappa shape index (κ3) is 1.54. The number of aromatic hydroxyl groups is 1. The van der Waals surface area contributed by atoms with Gasteiger partial charge in [-0.3, -0.25) is 4.79 Å². The minimum absolute atomic E-state index is 0.0140. The summed E-state index contributed by atoms with van der Waals surface area (Å²) in [5.74, 6) is 0.197. The Morgan fingerprint density at radius 1 is 1.29 bits per heavy atom. The molecule has 3 nitrogen and oxygen atoms in total. The number of amides is 1. The van der Waals surface area contributed by atoms with Gasteiger partial charge in [0.05, 0.1) is 10.2 Å². The molecular formula is C9H7Br2NO2. The fourth-order valence-corrected chi connectivity index (χ4v) is 2.82. The van der Waals surface area contributed by atoms with Gasteiger partial charge < -0.3 is 10.4 Å². The molecule has 1 heterocycles. The lowest BCUT2D eigenvalue weighted by molar-refractivity contribution is -0.116. The van der Waals surface area contributed by atoms with E-state index in [2.05, 4.69) is 37.2 Å². The van der Waals surface area contributed by atoms with Gasteiger partial charge in [-0.25, -0.2) is 0 Å². The zero-order valence-corrected chi connectivity index (χ0v) is 10.3. The van der Waals surface area contributed by atoms with Crippen molar-refractivity contribution in [1.82, 2.24) is 0 Å². The van der Waals surface area contributed by atoms with E-state index < -0.39 is 0 Å². The summed E-state index contributed by atoms with van der Waals surface area (Å²) in [6.07, 6.45) is 0.995. The first-order chi connectivity index (χ1) is 6.59. The minimum atomic E-state index is -0.0140. The number of hydrogen-bond donors (Lipinski definition) is 2. The van der Waals surface area contributed by atoms with Gasteiger partial charge >= 0.3 is 0 Å². The molecule has 1 amide bonds. The van der Waals surface area contributed by atoms with Crippen LogP contribution >= 0.6 is 31.9 Å². The molecule has 1 aromatic rings. The summed E-state index contributed by atoms with van der Waals surface area (Å²) in [5.41, 5.74) is 1.47. The lowest BCUT2D eigenvalue weighted by Crippen LogP contribution is -2.19. The Bertz CT molecular complexity index is 418. The van der Waals surface area contributed by atoms with E-state index in [-0.39, 0.29) is 11.7 Å². The summed E-state index contributed by atoms with van der Waals surface area (Å²) < 4.78 is 1.42. The van der Waals surface area contributed by atoms with E-state index in [0.29, 0.717) is 23.0 Å². The number of nitrogens with one attached hydrogen (secondary N) is 1. The molecule has 2 rings (SSSR count). The highest BCUT2D eigenvalue weighted by atomic mass is 79.9. The van der Waals surface area contributed by atoms with Crippen molar-refractivity contribution in [3.63, 3.8) is 0 Å². The van der Waals surface area contributed by atoms with E-state index in [9.17, 15) is 9.90 Å². The van der Waals surface area contributed by atoms with Crippen LogP contribution in [0.4, 0.5) is 5.69 Å². The lowest BCUT2D eigenvalue weighted by atomic mass is 10.0. The van der Waals surface area contributed by atoms with Crippen molar-refractivity contribution in [2.24, 2.45) is 0 Å². The number of halogens is 2. The number of anilines is 1. The third-order valence-corrected chi connectivity index (χ3v) is 3.40. The molecule has 5 heteroatoms. The van der Waals surface area contributed by atoms with Crippen molar-refractivity contribution in [1.29, 1.82) is 0 Å². The van der Waals surface area contributed by atoms with Gasteiger partial charge in [-0.2, -0.15) is 0 Å². The highest BCUT2D eigenvalue weighted by Crippen LogP contribution is 2.41. The summed E-state index contributed by atoms with van der Waals surface area (Å²) in [4.78, 5) is 11.1. The molecule has 1 aliphatic rings. The van der Waals surface area contributed by atoms with Gasteiger partial charge in [0.15, 0.2) is 0 Å². The van der Waals surface area contributed by atoms with Crippen LogP contribution in [0.25, 0.3) is 0 Å². The number of carbonyl (C=O) groups excluding carboxylic acids is 1. The number of fused-ring (bicyclic) bond motifs is 1. The Kier molecular flexibility index (Phi) is 2.53. The molecule has 0 radical (unpaired) electrons. The predicted molar refractivity (Wildman–Crippen MR) is 60.5 cm³/mol. The van der Waals surface area contributed by atoms with Crippen LogP contribution < -0.4 is 5.32 Å². The Hall–Kier alpha value is -0.550. The SMILES string of the molecule is O=C1CCc2c(O)c(Br)cc(Br)c2N1. The first kappa shape index (κ1) is 9.98. The predicted octanol–water partition coefficient (Wildman–Crippen LogP) is 2.80. The van der Waals surface area contributed by atoms with E-state index >= 15 is 0 Å². The standard InChI is InChI=1S/C9H7Br2NO2/c10-5-3-6(11)9(14)4-1-2-7(13)12-8(4)5/h3,14H,1-2H2,(H,12,13). The van der Waals surface area contributed by atoms with Crippen molar-refractivity contribution >= 4 is 43.5 Å². The zero-order valence-electron chi connectivity index (χ0n) is 7.10.